The molecule has 0 unspecified atom stereocenters. The quantitative estimate of drug-likeness (QED) is 0.621. The van der Waals surface area contributed by atoms with E-state index in [0.717, 1.165) is 24.8 Å². The SMILES string of the molecule is COc1cc([C@@H]2[C@H]3CCCC=C3C(C#N)=C(N)C2(C#N)C#N)ccc1OC(C)=O. The zero-order valence-electron chi connectivity index (χ0n) is 16.2. The number of esters is 1. The minimum Gasteiger partial charge on any atom is -0.493 e. The van der Waals surface area contributed by atoms with Crippen molar-refractivity contribution in [2.75, 3.05) is 7.11 Å². The molecule has 29 heavy (non-hydrogen) atoms. The van der Waals surface area contributed by atoms with Crippen LogP contribution in [-0.2, 0) is 4.79 Å². The van der Waals surface area contributed by atoms with Crippen molar-refractivity contribution in [2.24, 2.45) is 17.1 Å². The van der Waals surface area contributed by atoms with E-state index in [2.05, 4.69) is 18.2 Å². The number of nitrogens with two attached hydrogens (primary N) is 1. The average molecular weight is 388 g/mol. The predicted molar refractivity (Wildman–Crippen MR) is 103 cm³/mol. The van der Waals surface area contributed by atoms with Gasteiger partial charge in [-0.3, -0.25) is 4.79 Å². The van der Waals surface area contributed by atoms with Crippen LogP contribution >= 0.6 is 0 Å². The van der Waals surface area contributed by atoms with Gasteiger partial charge in [-0.25, -0.2) is 0 Å². The molecular weight excluding hydrogens is 368 g/mol. The Morgan fingerprint density at radius 1 is 1.24 bits per heavy atom. The maximum absolute atomic E-state index is 11.3. The second-order valence-corrected chi connectivity index (χ2v) is 7.11. The highest BCUT2D eigenvalue weighted by Gasteiger charge is 2.53. The number of nitrogens with zero attached hydrogens (tertiary/aromatic N) is 3. The van der Waals surface area contributed by atoms with Gasteiger partial charge in [0.2, 0.25) is 0 Å². The molecule has 7 heteroatoms. The fourth-order valence-electron chi connectivity index (χ4n) is 4.37. The first-order valence-electron chi connectivity index (χ1n) is 9.23. The Labute approximate surface area is 169 Å². The third-order valence-electron chi connectivity index (χ3n) is 5.60. The molecule has 0 fully saturated rings. The number of methoxy groups -OCH3 is 1. The molecule has 1 aromatic carbocycles. The van der Waals surface area contributed by atoms with Crippen LogP contribution in [0.25, 0.3) is 0 Å². The molecule has 7 nitrogen and oxygen atoms in total. The maximum atomic E-state index is 11.3. The molecule has 0 amide bonds. The molecule has 1 aromatic rings. The number of hydrogen-bond acceptors (Lipinski definition) is 7. The largest absolute Gasteiger partial charge is 0.493 e. The summed E-state index contributed by atoms with van der Waals surface area (Å²) < 4.78 is 10.5. The van der Waals surface area contributed by atoms with Gasteiger partial charge in [-0.15, -0.1) is 0 Å². The summed E-state index contributed by atoms with van der Waals surface area (Å²) in [4.78, 5) is 11.3. The van der Waals surface area contributed by atoms with Crippen LogP contribution in [0.5, 0.6) is 11.5 Å². The number of fused-ring (bicyclic) bond motifs is 1. The van der Waals surface area contributed by atoms with E-state index >= 15 is 0 Å². The van der Waals surface area contributed by atoms with Gasteiger partial charge < -0.3 is 15.2 Å². The molecule has 2 aliphatic carbocycles. The lowest BCUT2D eigenvalue weighted by Crippen LogP contribution is -2.42. The Bertz CT molecular complexity index is 1040. The number of nitriles is 3. The Morgan fingerprint density at radius 2 is 1.97 bits per heavy atom. The van der Waals surface area contributed by atoms with Crippen molar-refractivity contribution >= 4 is 5.97 Å². The smallest absolute Gasteiger partial charge is 0.308 e. The fraction of sp³-hybridized carbons (Fsp3) is 0.364. The summed E-state index contributed by atoms with van der Waals surface area (Å²) in [6, 6.07) is 11.3. The third-order valence-corrected chi connectivity index (χ3v) is 5.60. The van der Waals surface area contributed by atoms with Gasteiger partial charge in [-0.2, -0.15) is 15.8 Å². The molecule has 0 saturated carbocycles. The number of carbonyl (C=O) groups excluding carboxylic acids is 1. The normalized spacial score (nSPS) is 22.2. The monoisotopic (exact) mass is 388 g/mol. The van der Waals surface area contributed by atoms with E-state index in [1.165, 1.54) is 14.0 Å². The minimum atomic E-state index is -1.68. The van der Waals surface area contributed by atoms with Crippen molar-refractivity contribution in [1.29, 1.82) is 15.8 Å². The fourth-order valence-corrected chi connectivity index (χ4v) is 4.37. The van der Waals surface area contributed by atoms with Gasteiger partial charge in [0.15, 0.2) is 16.9 Å². The van der Waals surface area contributed by atoms with Crippen LogP contribution in [-0.4, -0.2) is 13.1 Å². The number of hydrogen-bond donors (Lipinski definition) is 1. The van der Waals surface area contributed by atoms with Gasteiger partial charge in [-0.05, 0) is 48.4 Å². The molecule has 2 atom stereocenters. The summed E-state index contributed by atoms with van der Waals surface area (Å²) >= 11 is 0. The summed E-state index contributed by atoms with van der Waals surface area (Å²) in [5.41, 5.74) is 6.26. The average Bonchev–Trinajstić information content (AvgIpc) is 2.73. The molecule has 2 N–H and O–H groups in total. The van der Waals surface area contributed by atoms with E-state index in [0.29, 0.717) is 11.3 Å². The lowest BCUT2D eigenvalue weighted by atomic mass is 9.57. The molecular formula is C22H20N4O3. The first-order chi connectivity index (χ1) is 13.9. The van der Waals surface area contributed by atoms with Crippen LogP contribution in [0.1, 0.15) is 37.7 Å². The molecule has 3 rings (SSSR count). The summed E-state index contributed by atoms with van der Waals surface area (Å²) in [6.45, 7) is 1.29. The number of benzene rings is 1. The van der Waals surface area contributed by atoms with E-state index in [1.54, 1.807) is 18.2 Å². The number of ether oxygens (including phenoxy) is 2. The van der Waals surface area contributed by atoms with Crippen LogP contribution in [0.2, 0.25) is 0 Å². The second-order valence-electron chi connectivity index (χ2n) is 7.11. The van der Waals surface area contributed by atoms with E-state index in [9.17, 15) is 20.6 Å². The molecule has 146 valence electrons. The van der Waals surface area contributed by atoms with E-state index in [4.69, 9.17) is 15.2 Å². The molecule has 0 saturated heterocycles. The minimum absolute atomic E-state index is 0.0116. The zero-order chi connectivity index (χ0) is 21.2. The van der Waals surface area contributed by atoms with E-state index in [1.807, 2.05) is 6.08 Å². The predicted octanol–water partition coefficient (Wildman–Crippen LogP) is 3.21. The highest BCUT2D eigenvalue weighted by Crippen LogP contribution is 2.56. The molecule has 0 bridgehead atoms. The maximum Gasteiger partial charge on any atom is 0.308 e. The topological polar surface area (TPSA) is 133 Å². The molecule has 2 aliphatic rings. The molecule has 0 spiro atoms. The Balaban J connectivity index is 2.26. The van der Waals surface area contributed by atoms with Gasteiger partial charge >= 0.3 is 5.97 Å². The zero-order valence-corrected chi connectivity index (χ0v) is 16.2. The van der Waals surface area contributed by atoms with Crippen molar-refractivity contribution in [3.63, 3.8) is 0 Å². The number of carbonyl (C=O) groups is 1. The van der Waals surface area contributed by atoms with Gasteiger partial charge in [0.25, 0.3) is 0 Å². The van der Waals surface area contributed by atoms with Crippen LogP contribution in [0.15, 0.2) is 41.1 Å². The van der Waals surface area contributed by atoms with Crippen LogP contribution in [0.3, 0.4) is 0 Å². The van der Waals surface area contributed by atoms with Gasteiger partial charge in [0.1, 0.15) is 6.07 Å². The van der Waals surface area contributed by atoms with E-state index in [-0.39, 0.29) is 22.9 Å². The highest BCUT2D eigenvalue weighted by atomic mass is 16.6. The van der Waals surface area contributed by atoms with Gasteiger partial charge in [0, 0.05) is 12.8 Å². The second kappa shape index (κ2) is 7.70. The highest BCUT2D eigenvalue weighted by molar-refractivity contribution is 5.70. The van der Waals surface area contributed by atoms with Crippen molar-refractivity contribution in [2.45, 2.75) is 32.1 Å². The lowest BCUT2D eigenvalue weighted by Gasteiger charge is -2.43. The summed E-state index contributed by atoms with van der Waals surface area (Å²) in [5.74, 6) is -0.701. The lowest BCUT2D eigenvalue weighted by molar-refractivity contribution is -0.132. The molecule has 0 radical (unpaired) electrons. The molecule has 0 aromatic heterocycles. The van der Waals surface area contributed by atoms with Gasteiger partial charge in [-0.1, -0.05) is 12.1 Å². The van der Waals surface area contributed by atoms with Crippen LogP contribution in [0.4, 0.5) is 0 Å². The van der Waals surface area contributed by atoms with Crippen molar-refractivity contribution in [1.82, 2.24) is 0 Å². The number of rotatable bonds is 3. The van der Waals surface area contributed by atoms with Crippen LogP contribution < -0.4 is 15.2 Å². The first-order valence-corrected chi connectivity index (χ1v) is 9.23. The molecule has 0 heterocycles. The first kappa shape index (κ1) is 20.0. The summed E-state index contributed by atoms with van der Waals surface area (Å²) in [6.07, 6.45) is 4.42. The van der Waals surface area contributed by atoms with E-state index < -0.39 is 17.3 Å². The van der Waals surface area contributed by atoms with Crippen molar-refractivity contribution in [3.8, 4) is 29.7 Å². The Hall–Kier alpha value is -3.76. The standard InChI is InChI=1S/C22H20N4O3/c1-13(27)29-18-8-7-14(9-19(18)28-2)20-16-6-4-3-5-15(16)17(10-23)21(26)22(20,11-24)12-25/h5,7-9,16,20H,3-4,6,26H2,1-2H3/t16-,20+/m0/s1. The molecule has 0 aliphatic heterocycles. The Morgan fingerprint density at radius 3 is 2.55 bits per heavy atom. The van der Waals surface area contributed by atoms with Gasteiger partial charge in [0.05, 0.1) is 30.5 Å². The third kappa shape index (κ3) is 3.10. The van der Waals surface area contributed by atoms with Crippen molar-refractivity contribution < 1.29 is 14.3 Å². The number of allylic oxidation sites excluding steroid dienone is 4. The van der Waals surface area contributed by atoms with Crippen LogP contribution in [0, 0.1) is 45.3 Å². The summed E-state index contributed by atoms with van der Waals surface area (Å²) in [7, 11) is 1.45. The Kier molecular flexibility index (Phi) is 5.31. The van der Waals surface area contributed by atoms with Crippen molar-refractivity contribution in [3.05, 3.63) is 46.7 Å². The summed E-state index contributed by atoms with van der Waals surface area (Å²) in [5, 5.41) is 29.7.